The normalized spacial score (nSPS) is 16.8. The average molecular weight is 320 g/mol. The highest BCUT2D eigenvalue weighted by Gasteiger charge is 2.24. The van der Waals surface area contributed by atoms with Gasteiger partial charge in [0.25, 0.3) is 5.69 Å². The summed E-state index contributed by atoms with van der Waals surface area (Å²) in [5, 5.41) is 21.5. The smallest absolute Gasteiger partial charge is 0.415 e. The maximum Gasteiger partial charge on any atom is 0.415 e. The Kier molecular flexibility index (Phi) is 5.64. The van der Waals surface area contributed by atoms with E-state index in [1.165, 1.54) is 17.0 Å². The van der Waals surface area contributed by atoms with Crippen LogP contribution in [0.15, 0.2) is 24.3 Å². The Bertz CT molecular complexity index is 582. The van der Waals surface area contributed by atoms with Crippen LogP contribution in [0.2, 0.25) is 0 Å². The Morgan fingerprint density at radius 1 is 1.48 bits per heavy atom. The number of carbonyl (C=O) groups excluding carboxylic acids is 1. The predicted molar refractivity (Wildman–Crippen MR) is 84.4 cm³/mol. The molecule has 8 nitrogen and oxygen atoms in total. The van der Waals surface area contributed by atoms with E-state index in [-0.39, 0.29) is 18.1 Å². The minimum Gasteiger partial charge on any atom is -0.444 e. The van der Waals surface area contributed by atoms with Gasteiger partial charge in [0, 0.05) is 18.7 Å². The average Bonchev–Trinajstić information content (AvgIpc) is 3.03. The minimum absolute atomic E-state index is 0.00854. The summed E-state index contributed by atoms with van der Waals surface area (Å²) < 4.78 is 5.22. The lowest BCUT2D eigenvalue weighted by atomic mass is 10.1. The van der Waals surface area contributed by atoms with Crippen LogP contribution < -0.4 is 5.32 Å². The van der Waals surface area contributed by atoms with Crippen molar-refractivity contribution in [1.29, 1.82) is 5.41 Å². The monoisotopic (exact) mass is 320 g/mol. The van der Waals surface area contributed by atoms with Crippen LogP contribution in [0, 0.1) is 21.4 Å². The second-order valence-corrected chi connectivity index (χ2v) is 5.53. The maximum absolute atomic E-state index is 12.2. The van der Waals surface area contributed by atoms with E-state index in [9.17, 15) is 14.9 Å². The maximum atomic E-state index is 12.2. The Balaban J connectivity index is 1.90. The summed E-state index contributed by atoms with van der Waals surface area (Å²) in [5.74, 6) is 0.466. The molecule has 2 rings (SSSR count). The lowest BCUT2D eigenvalue weighted by molar-refractivity contribution is -0.384. The zero-order valence-electron chi connectivity index (χ0n) is 12.9. The minimum atomic E-state index is -0.567. The predicted octanol–water partition coefficient (Wildman–Crippen LogP) is 2.14. The van der Waals surface area contributed by atoms with E-state index in [1.54, 1.807) is 19.1 Å². The Morgan fingerprint density at radius 2 is 2.17 bits per heavy atom. The molecule has 8 heteroatoms. The van der Waals surface area contributed by atoms with Crippen molar-refractivity contribution in [2.75, 3.05) is 19.6 Å². The molecule has 0 spiro atoms. The molecule has 1 heterocycles. The number of ether oxygens (including phenoxy) is 1. The van der Waals surface area contributed by atoms with Crippen molar-refractivity contribution in [1.82, 2.24) is 10.2 Å². The molecule has 0 radical (unpaired) electrons. The van der Waals surface area contributed by atoms with Crippen molar-refractivity contribution in [3.8, 4) is 0 Å². The number of benzene rings is 1. The number of hydrogen-bond donors (Lipinski definition) is 2. The van der Waals surface area contributed by atoms with Gasteiger partial charge in [-0.1, -0.05) is 0 Å². The third-order valence-corrected chi connectivity index (χ3v) is 3.74. The zero-order valence-corrected chi connectivity index (χ0v) is 12.9. The van der Waals surface area contributed by atoms with Gasteiger partial charge in [-0.25, -0.2) is 4.79 Å². The standard InChI is InChI=1S/C15H20N4O4/c1-11(16)18(9-13-6-7-17-8-13)15(20)23-10-12-2-4-14(5-3-12)19(21)22/h2-5,13,16-17H,6-10H2,1H3/t13-/m1/s1. The van der Waals surface area contributed by atoms with Crippen molar-refractivity contribution in [2.24, 2.45) is 5.92 Å². The van der Waals surface area contributed by atoms with Crippen LogP contribution in [0.1, 0.15) is 18.9 Å². The number of amidine groups is 1. The molecule has 0 bridgehead atoms. The van der Waals surface area contributed by atoms with Gasteiger partial charge in [0.2, 0.25) is 0 Å². The summed E-state index contributed by atoms with van der Waals surface area (Å²) >= 11 is 0. The molecule has 0 saturated carbocycles. The van der Waals surface area contributed by atoms with Crippen LogP contribution >= 0.6 is 0 Å². The number of rotatable bonds is 5. The van der Waals surface area contributed by atoms with Crippen molar-refractivity contribution in [3.05, 3.63) is 39.9 Å². The van der Waals surface area contributed by atoms with E-state index in [2.05, 4.69) is 5.32 Å². The van der Waals surface area contributed by atoms with Crippen LogP contribution in [0.5, 0.6) is 0 Å². The fourth-order valence-electron chi connectivity index (χ4n) is 2.41. The summed E-state index contributed by atoms with van der Waals surface area (Å²) in [6.07, 6.45) is 0.405. The molecule has 23 heavy (non-hydrogen) atoms. The third-order valence-electron chi connectivity index (χ3n) is 3.74. The van der Waals surface area contributed by atoms with Crippen molar-refractivity contribution >= 4 is 17.6 Å². The van der Waals surface area contributed by atoms with Gasteiger partial charge in [-0.2, -0.15) is 0 Å². The fourth-order valence-corrected chi connectivity index (χ4v) is 2.41. The molecule has 1 aliphatic heterocycles. The third kappa shape index (κ3) is 4.75. The summed E-state index contributed by atoms with van der Waals surface area (Å²) in [6.45, 7) is 3.78. The Labute approximate surface area is 134 Å². The molecule has 0 aliphatic carbocycles. The molecule has 0 aromatic heterocycles. The van der Waals surface area contributed by atoms with Crippen LogP contribution in [0.3, 0.4) is 0 Å². The molecule has 1 amide bonds. The molecule has 2 N–H and O–H groups in total. The number of nitro benzene ring substituents is 1. The first kappa shape index (κ1) is 16.9. The van der Waals surface area contributed by atoms with Crippen LogP contribution in [0.25, 0.3) is 0 Å². The summed E-state index contributed by atoms with van der Waals surface area (Å²) in [7, 11) is 0. The van der Waals surface area contributed by atoms with Gasteiger partial charge < -0.3 is 10.1 Å². The second-order valence-electron chi connectivity index (χ2n) is 5.53. The van der Waals surface area contributed by atoms with E-state index < -0.39 is 11.0 Å². The highest BCUT2D eigenvalue weighted by Crippen LogP contribution is 2.14. The number of hydrogen-bond acceptors (Lipinski definition) is 6. The molecule has 1 atom stereocenters. The lowest BCUT2D eigenvalue weighted by Gasteiger charge is -2.23. The van der Waals surface area contributed by atoms with E-state index in [0.717, 1.165) is 19.5 Å². The number of nitrogens with zero attached hydrogens (tertiary/aromatic N) is 2. The number of nitro groups is 1. The van der Waals surface area contributed by atoms with Gasteiger partial charge in [-0.15, -0.1) is 0 Å². The topological polar surface area (TPSA) is 109 Å². The van der Waals surface area contributed by atoms with Crippen LogP contribution in [-0.2, 0) is 11.3 Å². The van der Waals surface area contributed by atoms with E-state index >= 15 is 0 Å². The highest BCUT2D eigenvalue weighted by molar-refractivity contribution is 5.92. The van der Waals surface area contributed by atoms with Gasteiger partial charge in [0.15, 0.2) is 0 Å². The Hall–Kier alpha value is -2.48. The van der Waals surface area contributed by atoms with Crippen molar-refractivity contribution in [2.45, 2.75) is 20.0 Å². The van der Waals surface area contributed by atoms with Gasteiger partial charge >= 0.3 is 6.09 Å². The SMILES string of the molecule is CC(=N)N(C[C@@H]1CCNC1)C(=O)OCc1ccc([N+](=O)[O-])cc1. The number of carbonyl (C=O) groups is 1. The molecule has 1 fully saturated rings. The first-order valence-corrected chi connectivity index (χ1v) is 7.41. The molecule has 1 saturated heterocycles. The van der Waals surface area contributed by atoms with Crippen molar-refractivity contribution < 1.29 is 14.5 Å². The highest BCUT2D eigenvalue weighted by atomic mass is 16.6. The molecule has 1 aromatic rings. The zero-order chi connectivity index (χ0) is 16.8. The Morgan fingerprint density at radius 3 is 2.70 bits per heavy atom. The second kappa shape index (κ2) is 7.68. The summed E-state index contributed by atoms with van der Waals surface area (Å²) in [6, 6.07) is 5.84. The number of nitrogens with one attached hydrogen (secondary N) is 2. The van der Waals surface area contributed by atoms with Gasteiger partial charge in [0.05, 0.1) is 4.92 Å². The molecular weight excluding hydrogens is 300 g/mol. The lowest BCUT2D eigenvalue weighted by Crippen LogP contribution is -2.39. The van der Waals surface area contributed by atoms with Gasteiger partial charge in [-0.05, 0) is 50.0 Å². The molecule has 0 unspecified atom stereocenters. The molecular formula is C15H20N4O4. The molecule has 1 aromatic carbocycles. The van der Waals surface area contributed by atoms with E-state index in [4.69, 9.17) is 10.1 Å². The van der Waals surface area contributed by atoms with Crippen LogP contribution in [-0.4, -0.2) is 41.4 Å². The first-order chi connectivity index (χ1) is 11.0. The molecule has 124 valence electrons. The van der Waals surface area contributed by atoms with Gasteiger partial charge in [0.1, 0.15) is 12.4 Å². The van der Waals surface area contributed by atoms with Crippen LogP contribution in [0.4, 0.5) is 10.5 Å². The largest absolute Gasteiger partial charge is 0.444 e. The summed E-state index contributed by atoms with van der Waals surface area (Å²) in [5.41, 5.74) is 0.653. The molecule has 1 aliphatic rings. The fraction of sp³-hybridized carbons (Fsp3) is 0.467. The first-order valence-electron chi connectivity index (χ1n) is 7.41. The summed E-state index contributed by atoms with van der Waals surface area (Å²) in [4.78, 5) is 23.6. The number of non-ortho nitro benzene ring substituents is 1. The van der Waals surface area contributed by atoms with Gasteiger partial charge in [-0.3, -0.25) is 20.4 Å². The van der Waals surface area contributed by atoms with E-state index in [1.807, 2.05) is 0 Å². The number of amides is 1. The van der Waals surface area contributed by atoms with Crippen molar-refractivity contribution in [3.63, 3.8) is 0 Å². The van der Waals surface area contributed by atoms with E-state index in [0.29, 0.717) is 18.0 Å². The quantitative estimate of drug-likeness (QED) is 0.374.